The van der Waals surface area contributed by atoms with Crippen LogP contribution in [-0.4, -0.2) is 26.2 Å². The lowest BCUT2D eigenvalue weighted by Crippen LogP contribution is -2.38. The van der Waals surface area contributed by atoms with Gasteiger partial charge in [0.1, 0.15) is 0 Å². The van der Waals surface area contributed by atoms with Gasteiger partial charge in [-0.3, -0.25) is 0 Å². The predicted octanol–water partition coefficient (Wildman–Crippen LogP) is 1.70. The molecule has 18 heavy (non-hydrogen) atoms. The molecule has 2 N–H and O–H groups in total. The van der Waals surface area contributed by atoms with Gasteiger partial charge in [0.15, 0.2) is 0 Å². The highest BCUT2D eigenvalue weighted by Gasteiger charge is 2.28. The van der Waals surface area contributed by atoms with Crippen molar-refractivity contribution in [3.05, 3.63) is 28.8 Å². The molecule has 4 nitrogen and oxygen atoms in total. The maximum Gasteiger partial charge on any atom is 0.240 e. The Hall–Kier alpha value is -0.620. The quantitative estimate of drug-likeness (QED) is 0.886. The average molecular weight is 290 g/mol. The van der Waals surface area contributed by atoms with E-state index in [9.17, 15) is 8.42 Å². The van der Waals surface area contributed by atoms with E-state index in [-0.39, 0.29) is 16.9 Å². The molecule has 0 heterocycles. The second-order valence-corrected chi connectivity index (χ2v) is 6.85. The number of hydrogen-bond donors (Lipinski definition) is 2. The Balaban J connectivity index is 2.08. The van der Waals surface area contributed by atoms with Crippen molar-refractivity contribution in [3.63, 3.8) is 0 Å². The molecule has 0 spiro atoms. The molecule has 1 aliphatic carbocycles. The first-order valence-electron chi connectivity index (χ1n) is 5.83. The van der Waals surface area contributed by atoms with Gasteiger partial charge in [0.2, 0.25) is 10.0 Å². The summed E-state index contributed by atoms with van der Waals surface area (Å²) in [5, 5.41) is 9.59. The van der Waals surface area contributed by atoms with Crippen molar-refractivity contribution in [2.24, 2.45) is 5.92 Å². The number of benzene rings is 1. The Morgan fingerprint density at radius 2 is 2.11 bits per heavy atom. The van der Waals surface area contributed by atoms with Crippen LogP contribution in [0.25, 0.3) is 0 Å². The maximum atomic E-state index is 12.1. The van der Waals surface area contributed by atoms with E-state index in [2.05, 4.69) is 4.72 Å². The molecule has 1 saturated carbocycles. The third-order valence-electron chi connectivity index (χ3n) is 3.28. The zero-order valence-electron chi connectivity index (χ0n) is 10.1. The van der Waals surface area contributed by atoms with Gasteiger partial charge in [0.05, 0.1) is 11.0 Å². The van der Waals surface area contributed by atoms with Gasteiger partial charge in [-0.25, -0.2) is 13.1 Å². The monoisotopic (exact) mass is 289 g/mol. The van der Waals surface area contributed by atoms with E-state index in [1.54, 1.807) is 25.1 Å². The fraction of sp³-hybridized carbons (Fsp3) is 0.500. The summed E-state index contributed by atoms with van der Waals surface area (Å²) in [5.74, 6) is 0.231. The number of aliphatic hydroxyl groups is 1. The van der Waals surface area contributed by atoms with Gasteiger partial charge in [-0.1, -0.05) is 17.7 Å². The highest BCUT2D eigenvalue weighted by Crippen LogP contribution is 2.27. The van der Waals surface area contributed by atoms with Crippen LogP contribution in [0, 0.1) is 12.8 Å². The summed E-state index contributed by atoms with van der Waals surface area (Å²) >= 11 is 5.91. The van der Waals surface area contributed by atoms with Crippen molar-refractivity contribution >= 4 is 21.6 Å². The van der Waals surface area contributed by atoms with Gasteiger partial charge in [-0.05, 0) is 43.4 Å². The maximum absolute atomic E-state index is 12.1. The number of hydrogen-bond acceptors (Lipinski definition) is 3. The molecule has 1 aliphatic rings. The Morgan fingerprint density at radius 3 is 2.72 bits per heavy atom. The molecule has 100 valence electrons. The van der Waals surface area contributed by atoms with Crippen LogP contribution in [0.15, 0.2) is 23.1 Å². The molecule has 0 bridgehead atoms. The van der Waals surface area contributed by atoms with Crippen LogP contribution in [0.2, 0.25) is 5.02 Å². The van der Waals surface area contributed by atoms with E-state index >= 15 is 0 Å². The van der Waals surface area contributed by atoms with E-state index < -0.39 is 10.0 Å². The van der Waals surface area contributed by atoms with Crippen molar-refractivity contribution < 1.29 is 13.5 Å². The van der Waals surface area contributed by atoms with Crippen LogP contribution in [-0.2, 0) is 10.0 Å². The predicted molar refractivity (Wildman–Crippen MR) is 70.1 cm³/mol. The van der Waals surface area contributed by atoms with E-state index in [4.69, 9.17) is 16.7 Å². The first kappa shape index (κ1) is 13.8. The molecule has 0 unspecified atom stereocenters. The smallest absolute Gasteiger partial charge is 0.240 e. The van der Waals surface area contributed by atoms with Crippen molar-refractivity contribution in [3.8, 4) is 0 Å². The van der Waals surface area contributed by atoms with E-state index in [1.165, 1.54) is 0 Å². The van der Waals surface area contributed by atoms with Crippen LogP contribution in [0.3, 0.4) is 0 Å². The number of sulfonamides is 1. The van der Waals surface area contributed by atoms with Crippen molar-refractivity contribution in [1.29, 1.82) is 0 Å². The molecule has 2 rings (SSSR count). The first-order valence-corrected chi connectivity index (χ1v) is 7.69. The van der Waals surface area contributed by atoms with Crippen LogP contribution in [0.1, 0.15) is 18.4 Å². The van der Waals surface area contributed by atoms with Crippen LogP contribution in [0.4, 0.5) is 0 Å². The van der Waals surface area contributed by atoms with Crippen LogP contribution < -0.4 is 4.72 Å². The van der Waals surface area contributed by atoms with Crippen molar-refractivity contribution in [2.45, 2.75) is 30.8 Å². The highest BCUT2D eigenvalue weighted by atomic mass is 35.5. The highest BCUT2D eigenvalue weighted by molar-refractivity contribution is 7.89. The van der Waals surface area contributed by atoms with E-state index in [0.29, 0.717) is 30.0 Å². The van der Waals surface area contributed by atoms with Gasteiger partial charge >= 0.3 is 0 Å². The summed E-state index contributed by atoms with van der Waals surface area (Å²) in [7, 11) is -3.52. The second-order valence-electron chi connectivity index (χ2n) is 4.71. The largest absolute Gasteiger partial charge is 0.393 e. The number of nitrogens with one attached hydrogen (secondary N) is 1. The average Bonchev–Trinajstić information content (AvgIpc) is 2.26. The minimum Gasteiger partial charge on any atom is -0.393 e. The SMILES string of the molecule is Cc1c(Cl)cccc1S(=O)(=O)NCC1CC(O)C1. The third-order valence-corrected chi connectivity index (χ3v) is 5.26. The zero-order valence-corrected chi connectivity index (χ0v) is 11.6. The lowest BCUT2D eigenvalue weighted by molar-refractivity contribution is 0.0453. The number of aliphatic hydroxyl groups excluding tert-OH is 1. The Kier molecular flexibility index (Phi) is 3.96. The van der Waals surface area contributed by atoms with Crippen LogP contribution in [0.5, 0.6) is 0 Å². The molecular formula is C12H16ClNO3S. The fourth-order valence-corrected chi connectivity index (χ4v) is 3.66. The zero-order chi connectivity index (χ0) is 13.3. The van der Waals surface area contributed by atoms with Gasteiger partial charge in [-0.15, -0.1) is 0 Å². The summed E-state index contributed by atoms with van der Waals surface area (Å²) in [4.78, 5) is 0.217. The molecule has 0 saturated heterocycles. The molecule has 0 radical (unpaired) electrons. The van der Waals surface area contributed by atoms with Crippen molar-refractivity contribution in [1.82, 2.24) is 4.72 Å². The van der Waals surface area contributed by atoms with Gasteiger partial charge in [-0.2, -0.15) is 0 Å². The molecule has 0 amide bonds. The van der Waals surface area contributed by atoms with E-state index in [1.807, 2.05) is 0 Å². The molecule has 1 aromatic rings. The number of halogens is 1. The summed E-state index contributed by atoms with van der Waals surface area (Å²) in [6.45, 7) is 2.05. The van der Waals surface area contributed by atoms with Gasteiger partial charge < -0.3 is 5.11 Å². The summed E-state index contributed by atoms with van der Waals surface area (Å²) < 4.78 is 26.8. The second kappa shape index (κ2) is 5.17. The van der Waals surface area contributed by atoms with Crippen LogP contribution >= 0.6 is 11.6 Å². The van der Waals surface area contributed by atoms with Crippen molar-refractivity contribution in [2.75, 3.05) is 6.54 Å². The summed E-state index contributed by atoms with van der Waals surface area (Å²) in [5.41, 5.74) is 0.556. The van der Waals surface area contributed by atoms with Gasteiger partial charge in [0.25, 0.3) is 0 Å². The topological polar surface area (TPSA) is 66.4 Å². The molecule has 0 atom stereocenters. The Labute approximate surface area is 112 Å². The lowest BCUT2D eigenvalue weighted by atomic mass is 9.83. The minimum absolute atomic E-state index is 0.217. The first-order chi connectivity index (χ1) is 8.40. The normalized spacial score (nSPS) is 23.7. The molecule has 0 aromatic heterocycles. The lowest BCUT2D eigenvalue weighted by Gasteiger charge is -2.31. The summed E-state index contributed by atoms with van der Waals surface area (Å²) in [6, 6.07) is 4.83. The molecule has 0 aliphatic heterocycles. The Morgan fingerprint density at radius 1 is 1.44 bits per heavy atom. The molecule has 6 heteroatoms. The molecule has 1 fully saturated rings. The standard InChI is InChI=1S/C12H16ClNO3S/c1-8-11(13)3-2-4-12(8)18(16,17)14-7-9-5-10(15)6-9/h2-4,9-10,14-15H,5-7H2,1H3. The Bertz CT molecular complexity index is 538. The number of rotatable bonds is 4. The van der Waals surface area contributed by atoms with Gasteiger partial charge in [0, 0.05) is 11.6 Å². The minimum atomic E-state index is -3.52. The molecule has 1 aromatic carbocycles. The van der Waals surface area contributed by atoms with E-state index in [0.717, 1.165) is 0 Å². The molecular weight excluding hydrogens is 274 g/mol. The third kappa shape index (κ3) is 2.85. The fourth-order valence-electron chi connectivity index (χ4n) is 2.05. The summed E-state index contributed by atoms with van der Waals surface area (Å²) in [6.07, 6.45) is 1.06.